The van der Waals surface area contributed by atoms with E-state index in [2.05, 4.69) is 18.0 Å². The lowest BCUT2D eigenvalue weighted by Gasteiger charge is -2.17. The molecule has 1 atom stereocenters. The fourth-order valence-corrected chi connectivity index (χ4v) is 2.48. The number of rotatable bonds is 4. The van der Waals surface area contributed by atoms with Crippen molar-refractivity contribution in [3.8, 4) is 6.07 Å². The first-order valence-electron chi connectivity index (χ1n) is 6.36. The summed E-state index contributed by atoms with van der Waals surface area (Å²) < 4.78 is 0. The number of carbonyl (C=O) groups is 1. The zero-order valence-corrected chi connectivity index (χ0v) is 10.6. The maximum atomic E-state index is 11.9. The van der Waals surface area contributed by atoms with Crippen molar-refractivity contribution in [2.45, 2.75) is 32.7 Å². The Balaban J connectivity index is 2.06. The summed E-state index contributed by atoms with van der Waals surface area (Å²) >= 11 is 0. The minimum atomic E-state index is 0.196. The molecule has 2 rings (SSSR count). The number of amides is 1. The number of aromatic nitrogens is 1. The molecular weight excluding hydrogens is 226 g/mol. The van der Waals surface area contributed by atoms with Crippen LogP contribution in [0.3, 0.4) is 0 Å². The molecule has 18 heavy (non-hydrogen) atoms. The highest BCUT2D eigenvalue weighted by Gasteiger charge is 2.29. The molecule has 4 nitrogen and oxygen atoms in total. The first kappa shape index (κ1) is 12.6. The van der Waals surface area contributed by atoms with Crippen molar-refractivity contribution in [2.75, 3.05) is 6.54 Å². The average Bonchev–Trinajstić information content (AvgIpc) is 2.71. The number of carbonyl (C=O) groups excluding carboxylic acids is 1. The summed E-state index contributed by atoms with van der Waals surface area (Å²) in [6, 6.07) is 5.74. The Kier molecular flexibility index (Phi) is 3.93. The van der Waals surface area contributed by atoms with Crippen LogP contribution in [0.15, 0.2) is 18.3 Å². The van der Waals surface area contributed by atoms with Crippen molar-refractivity contribution < 1.29 is 4.79 Å². The highest BCUT2D eigenvalue weighted by molar-refractivity contribution is 5.78. The van der Waals surface area contributed by atoms with Gasteiger partial charge in [-0.3, -0.25) is 4.79 Å². The second-order valence-electron chi connectivity index (χ2n) is 4.76. The van der Waals surface area contributed by atoms with E-state index in [0.29, 0.717) is 24.6 Å². The first-order valence-corrected chi connectivity index (χ1v) is 6.36. The molecule has 0 aliphatic carbocycles. The highest BCUT2D eigenvalue weighted by atomic mass is 16.2. The van der Waals surface area contributed by atoms with E-state index in [1.54, 1.807) is 12.3 Å². The van der Waals surface area contributed by atoms with Crippen molar-refractivity contribution in [1.29, 1.82) is 5.26 Å². The van der Waals surface area contributed by atoms with Gasteiger partial charge in [0.2, 0.25) is 5.91 Å². The molecule has 94 valence electrons. The Morgan fingerprint density at radius 1 is 1.61 bits per heavy atom. The maximum absolute atomic E-state index is 11.9. The van der Waals surface area contributed by atoms with Crippen molar-refractivity contribution >= 4 is 5.91 Å². The Hall–Kier alpha value is -1.89. The van der Waals surface area contributed by atoms with Crippen LogP contribution in [0.2, 0.25) is 0 Å². The molecule has 4 heteroatoms. The molecule has 0 radical (unpaired) electrons. The smallest absolute Gasteiger partial charge is 0.223 e. The second kappa shape index (κ2) is 5.63. The Morgan fingerprint density at radius 2 is 2.44 bits per heavy atom. The number of pyridine rings is 1. The lowest BCUT2D eigenvalue weighted by molar-refractivity contribution is -0.128. The molecule has 1 aromatic rings. The SMILES string of the molecule is CCCC1CC(=O)N(Cc2cccnc2C#N)C1. The third-order valence-electron chi connectivity index (χ3n) is 3.35. The summed E-state index contributed by atoms with van der Waals surface area (Å²) in [6.45, 7) is 3.46. The molecular formula is C14H17N3O. The quantitative estimate of drug-likeness (QED) is 0.813. The predicted molar refractivity (Wildman–Crippen MR) is 67.4 cm³/mol. The number of hydrogen-bond donors (Lipinski definition) is 0. The van der Waals surface area contributed by atoms with Gasteiger partial charge in [-0.1, -0.05) is 19.4 Å². The summed E-state index contributed by atoms with van der Waals surface area (Å²) in [5, 5.41) is 8.98. The summed E-state index contributed by atoms with van der Waals surface area (Å²) in [5.74, 6) is 0.672. The molecule has 0 spiro atoms. The standard InChI is InChI=1S/C14H17N3O/c1-2-4-11-7-14(18)17(9-11)10-12-5-3-6-16-13(12)8-15/h3,5-6,11H,2,4,7,9-10H2,1H3. The maximum Gasteiger partial charge on any atom is 0.223 e. The second-order valence-corrected chi connectivity index (χ2v) is 4.76. The van der Waals surface area contributed by atoms with Crippen LogP contribution in [0.4, 0.5) is 0 Å². The van der Waals surface area contributed by atoms with Crippen molar-refractivity contribution in [1.82, 2.24) is 9.88 Å². The van der Waals surface area contributed by atoms with E-state index in [1.165, 1.54) is 0 Å². The zero-order valence-electron chi connectivity index (χ0n) is 10.6. The fourth-order valence-electron chi connectivity index (χ4n) is 2.48. The van der Waals surface area contributed by atoms with E-state index in [0.717, 1.165) is 24.9 Å². The van der Waals surface area contributed by atoms with Gasteiger partial charge in [-0.05, 0) is 18.4 Å². The topological polar surface area (TPSA) is 57.0 Å². The van der Waals surface area contributed by atoms with Crippen LogP contribution in [0.25, 0.3) is 0 Å². The van der Waals surface area contributed by atoms with Gasteiger partial charge in [0, 0.05) is 31.3 Å². The van der Waals surface area contributed by atoms with Gasteiger partial charge in [-0.2, -0.15) is 5.26 Å². The van der Waals surface area contributed by atoms with E-state index in [4.69, 9.17) is 5.26 Å². The normalized spacial score (nSPS) is 19.0. The lowest BCUT2D eigenvalue weighted by Crippen LogP contribution is -2.25. The summed E-state index contributed by atoms with van der Waals surface area (Å²) in [5.41, 5.74) is 1.26. The van der Waals surface area contributed by atoms with Crippen LogP contribution in [0.5, 0.6) is 0 Å². The summed E-state index contributed by atoms with van der Waals surface area (Å²) in [4.78, 5) is 17.8. The van der Waals surface area contributed by atoms with Gasteiger partial charge >= 0.3 is 0 Å². The molecule has 1 amide bonds. The Labute approximate surface area is 107 Å². The molecule has 1 fully saturated rings. The molecule has 0 saturated carbocycles. The number of nitrogens with zero attached hydrogens (tertiary/aromatic N) is 3. The van der Waals surface area contributed by atoms with E-state index < -0.39 is 0 Å². The summed E-state index contributed by atoms with van der Waals surface area (Å²) in [6.07, 6.45) is 4.46. The van der Waals surface area contributed by atoms with Crippen LogP contribution in [0.1, 0.15) is 37.4 Å². The van der Waals surface area contributed by atoms with Crippen LogP contribution >= 0.6 is 0 Å². The van der Waals surface area contributed by atoms with Gasteiger partial charge in [0.25, 0.3) is 0 Å². The van der Waals surface area contributed by atoms with Crippen molar-refractivity contribution in [3.63, 3.8) is 0 Å². The third kappa shape index (κ3) is 2.67. The number of likely N-dealkylation sites (tertiary alicyclic amines) is 1. The van der Waals surface area contributed by atoms with Gasteiger partial charge in [0.15, 0.2) is 0 Å². The van der Waals surface area contributed by atoms with Crippen LogP contribution < -0.4 is 0 Å². The average molecular weight is 243 g/mol. The largest absolute Gasteiger partial charge is 0.338 e. The van der Waals surface area contributed by atoms with Gasteiger partial charge in [-0.25, -0.2) is 4.98 Å². The monoisotopic (exact) mass is 243 g/mol. The van der Waals surface area contributed by atoms with E-state index in [9.17, 15) is 4.79 Å². The Bertz CT molecular complexity index is 478. The third-order valence-corrected chi connectivity index (χ3v) is 3.35. The Morgan fingerprint density at radius 3 is 3.17 bits per heavy atom. The van der Waals surface area contributed by atoms with Gasteiger partial charge in [0.1, 0.15) is 11.8 Å². The zero-order chi connectivity index (χ0) is 13.0. The molecule has 2 heterocycles. The number of hydrogen-bond acceptors (Lipinski definition) is 3. The number of nitriles is 1. The van der Waals surface area contributed by atoms with E-state index >= 15 is 0 Å². The predicted octanol–water partition coefficient (Wildman–Crippen LogP) is 2.10. The molecule has 0 N–H and O–H groups in total. The lowest BCUT2D eigenvalue weighted by atomic mass is 10.0. The van der Waals surface area contributed by atoms with Crippen LogP contribution in [0, 0.1) is 17.2 Å². The van der Waals surface area contributed by atoms with E-state index in [1.807, 2.05) is 11.0 Å². The minimum Gasteiger partial charge on any atom is -0.338 e. The summed E-state index contributed by atoms with van der Waals surface area (Å²) in [7, 11) is 0. The molecule has 1 aliphatic rings. The molecule has 0 aromatic carbocycles. The molecule has 1 unspecified atom stereocenters. The van der Waals surface area contributed by atoms with Crippen LogP contribution in [-0.4, -0.2) is 22.3 Å². The molecule has 1 saturated heterocycles. The highest BCUT2D eigenvalue weighted by Crippen LogP contribution is 2.24. The van der Waals surface area contributed by atoms with Crippen molar-refractivity contribution in [2.24, 2.45) is 5.92 Å². The molecule has 1 aliphatic heterocycles. The minimum absolute atomic E-state index is 0.196. The van der Waals surface area contributed by atoms with Crippen LogP contribution in [-0.2, 0) is 11.3 Å². The van der Waals surface area contributed by atoms with Gasteiger partial charge in [0.05, 0.1) is 0 Å². The molecule has 1 aromatic heterocycles. The van der Waals surface area contributed by atoms with E-state index in [-0.39, 0.29) is 5.91 Å². The molecule has 0 bridgehead atoms. The fraction of sp³-hybridized carbons (Fsp3) is 0.500. The van der Waals surface area contributed by atoms with Crippen molar-refractivity contribution in [3.05, 3.63) is 29.6 Å². The first-order chi connectivity index (χ1) is 8.74. The van der Waals surface area contributed by atoms with Gasteiger partial charge < -0.3 is 4.90 Å². The van der Waals surface area contributed by atoms with Gasteiger partial charge in [-0.15, -0.1) is 0 Å².